The van der Waals surface area contributed by atoms with Crippen molar-refractivity contribution in [3.05, 3.63) is 65.4 Å². The fourth-order valence-electron chi connectivity index (χ4n) is 2.93. The van der Waals surface area contributed by atoms with Gasteiger partial charge in [-0.25, -0.2) is 13.8 Å². The lowest BCUT2D eigenvalue weighted by Gasteiger charge is -2.20. The highest BCUT2D eigenvalue weighted by Crippen LogP contribution is 2.39. The summed E-state index contributed by atoms with van der Waals surface area (Å²) < 4.78 is 28.6. The predicted octanol–water partition coefficient (Wildman–Crippen LogP) is 4.09. The first kappa shape index (κ1) is 16.4. The summed E-state index contributed by atoms with van der Waals surface area (Å²) in [7, 11) is 0. The predicted molar refractivity (Wildman–Crippen MR) is 95.4 cm³/mol. The van der Waals surface area contributed by atoms with E-state index in [0.717, 1.165) is 5.56 Å². The third-order valence-corrected chi connectivity index (χ3v) is 4.30. The van der Waals surface area contributed by atoms with Crippen molar-refractivity contribution >= 4 is 17.2 Å². The molecular formula is C19H16F2N4O. The van der Waals surface area contributed by atoms with Gasteiger partial charge in [-0.05, 0) is 37.6 Å². The molecule has 0 atom stereocenters. The van der Waals surface area contributed by atoms with Crippen molar-refractivity contribution in [2.45, 2.75) is 19.4 Å². The molecule has 26 heavy (non-hydrogen) atoms. The minimum Gasteiger partial charge on any atom is -0.386 e. The number of fused-ring (bicyclic) bond motifs is 3. The summed E-state index contributed by atoms with van der Waals surface area (Å²) in [6, 6.07) is 8.99. The minimum atomic E-state index is -1.07. The summed E-state index contributed by atoms with van der Waals surface area (Å²) in [6.45, 7) is 3.33. The van der Waals surface area contributed by atoms with Crippen LogP contribution < -0.4 is 5.32 Å². The van der Waals surface area contributed by atoms with Gasteiger partial charge in [0.05, 0.1) is 23.1 Å². The fraction of sp³-hybridized carbons (Fsp3) is 0.158. The second kappa shape index (κ2) is 5.74. The van der Waals surface area contributed by atoms with Gasteiger partial charge < -0.3 is 10.4 Å². The van der Waals surface area contributed by atoms with Crippen molar-refractivity contribution in [1.82, 2.24) is 10.2 Å². The maximum atomic E-state index is 14.3. The molecule has 5 nitrogen and oxygen atoms in total. The summed E-state index contributed by atoms with van der Waals surface area (Å²) in [5, 5.41) is 20.2. The van der Waals surface area contributed by atoms with Gasteiger partial charge in [-0.3, -0.25) is 5.10 Å². The monoisotopic (exact) mass is 354 g/mol. The molecule has 0 aliphatic carbocycles. The van der Waals surface area contributed by atoms with Gasteiger partial charge >= 0.3 is 0 Å². The molecule has 1 aliphatic rings. The normalized spacial score (nSPS) is 13.3. The summed E-state index contributed by atoms with van der Waals surface area (Å²) in [5.41, 5.74) is 1.73. The number of aromatic nitrogens is 2. The number of aromatic amines is 1. The van der Waals surface area contributed by atoms with Crippen molar-refractivity contribution in [2.75, 3.05) is 5.32 Å². The Morgan fingerprint density at radius 1 is 1.08 bits per heavy atom. The van der Waals surface area contributed by atoms with E-state index in [2.05, 4.69) is 20.5 Å². The van der Waals surface area contributed by atoms with Crippen LogP contribution in [0.4, 0.5) is 20.2 Å². The molecule has 0 spiro atoms. The molecule has 2 heterocycles. The standard InChI is InChI=1S/C19H16F2N4O/c1-19(2,26)10-6-7-11-14(8-10)23-18(24-15-9-22-25-17(11)15)16-12(20)4-3-5-13(16)21/h3-9,26H,1-2H3,(H,22,25)(H,23,24). The van der Waals surface area contributed by atoms with Gasteiger partial charge in [0.2, 0.25) is 0 Å². The lowest BCUT2D eigenvalue weighted by Crippen LogP contribution is -2.19. The molecule has 1 aromatic heterocycles. The molecule has 3 aromatic rings. The zero-order valence-electron chi connectivity index (χ0n) is 14.1. The van der Waals surface area contributed by atoms with Crippen LogP contribution in [-0.4, -0.2) is 21.1 Å². The summed E-state index contributed by atoms with van der Waals surface area (Å²) >= 11 is 0. The van der Waals surface area contributed by atoms with E-state index < -0.39 is 17.2 Å². The highest BCUT2D eigenvalue weighted by atomic mass is 19.1. The fourth-order valence-corrected chi connectivity index (χ4v) is 2.93. The van der Waals surface area contributed by atoms with Crippen LogP contribution in [0.3, 0.4) is 0 Å². The molecule has 0 saturated carbocycles. The molecule has 1 aliphatic heterocycles. The maximum absolute atomic E-state index is 14.3. The lowest BCUT2D eigenvalue weighted by molar-refractivity contribution is 0.0787. The second-order valence-corrected chi connectivity index (χ2v) is 6.63. The van der Waals surface area contributed by atoms with E-state index in [-0.39, 0.29) is 11.4 Å². The van der Waals surface area contributed by atoms with Gasteiger partial charge in [0, 0.05) is 11.3 Å². The first-order valence-corrected chi connectivity index (χ1v) is 8.05. The number of H-pyrrole nitrogens is 1. The molecule has 0 saturated heterocycles. The Balaban J connectivity index is 1.94. The summed E-state index contributed by atoms with van der Waals surface area (Å²) in [5.74, 6) is -1.40. The van der Waals surface area contributed by atoms with Crippen molar-refractivity contribution in [1.29, 1.82) is 0 Å². The van der Waals surface area contributed by atoms with Crippen LogP contribution in [-0.2, 0) is 5.60 Å². The highest BCUT2D eigenvalue weighted by Gasteiger charge is 2.25. The molecule has 2 aromatic carbocycles. The number of hydrogen-bond donors (Lipinski definition) is 3. The molecule has 0 bridgehead atoms. The van der Waals surface area contributed by atoms with Crippen LogP contribution in [0.2, 0.25) is 0 Å². The SMILES string of the molecule is CC(C)(O)c1ccc2c(c1)NC(c1c(F)cccc1F)=Nc1cn[nH]c1-2. The average Bonchev–Trinajstić information content (AvgIpc) is 2.96. The lowest BCUT2D eigenvalue weighted by atomic mass is 9.95. The van der Waals surface area contributed by atoms with Gasteiger partial charge in [-0.1, -0.05) is 18.2 Å². The van der Waals surface area contributed by atoms with Crippen LogP contribution in [0, 0.1) is 11.6 Å². The number of nitrogens with zero attached hydrogens (tertiary/aromatic N) is 2. The van der Waals surface area contributed by atoms with E-state index >= 15 is 0 Å². The Bertz CT molecular complexity index is 1010. The summed E-state index contributed by atoms with van der Waals surface area (Å²) in [4.78, 5) is 4.37. The van der Waals surface area contributed by atoms with Crippen LogP contribution >= 0.6 is 0 Å². The number of aliphatic imine (C=N–C) groups is 1. The number of hydrogen-bond acceptors (Lipinski definition) is 4. The molecule has 3 N–H and O–H groups in total. The number of aliphatic hydroxyl groups is 1. The van der Waals surface area contributed by atoms with Crippen LogP contribution in [0.25, 0.3) is 11.3 Å². The van der Waals surface area contributed by atoms with E-state index in [1.807, 2.05) is 6.07 Å². The van der Waals surface area contributed by atoms with Gasteiger partial charge in [0.1, 0.15) is 23.2 Å². The number of halogens is 2. The Hall–Kier alpha value is -3.06. The van der Waals surface area contributed by atoms with Gasteiger partial charge in [-0.2, -0.15) is 5.10 Å². The van der Waals surface area contributed by atoms with E-state index in [0.29, 0.717) is 22.6 Å². The molecule has 0 radical (unpaired) electrons. The van der Waals surface area contributed by atoms with Crippen LogP contribution in [0.5, 0.6) is 0 Å². The van der Waals surface area contributed by atoms with Crippen LogP contribution in [0.1, 0.15) is 25.0 Å². The number of nitrogens with one attached hydrogen (secondary N) is 2. The Morgan fingerprint density at radius 2 is 1.81 bits per heavy atom. The topological polar surface area (TPSA) is 73.3 Å². The molecular weight excluding hydrogens is 338 g/mol. The summed E-state index contributed by atoms with van der Waals surface area (Å²) in [6.07, 6.45) is 1.49. The van der Waals surface area contributed by atoms with Crippen LogP contribution in [0.15, 0.2) is 47.6 Å². The van der Waals surface area contributed by atoms with Crippen molar-refractivity contribution in [3.63, 3.8) is 0 Å². The Morgan fingerprint density at radius 3 is 2.50 bits per heavy atom. The zero-order valence-corrected chi connectivity index (χ0v) is 14.1. The first-order valence-electron chi connectivity index (χ1n) is 8.05. The third-order valence-electron chi connectivity index (χ3n) is 4.30. The maximum Gasteiger partial charge on any atom is 0.144 e. The molecule has 0 amide bonds. The van der Waals surface area contributed by atoms with Crippen molar-refractivity contribution in [2.24, 2.45) is 4.99 Å². The quantitative estimate of drug-likeness (QED) is 0.649. The zero-order chi connectivity index (χ0) is 18.5. The van der Waals surface area contributed by atoms with E-state index in [9.17, 15) is 13.9 Å². The van der Waals surface area contributed by atoms with Crippen molar-refractivity contribution in [3.8, 4) is 11.3 Å². The molecule has 4 rings (SSSR count). The third kappa shape index (κ3) is 2.66. The minimum absolute atomic E-state index is 0.0369. The number of anilines is 1. The highest BCUT2D eigenvalue weighted by molar-refractivity contribution is 6.13. The average molecular weight is 354 g/mol. The number of benzene rings is 2. The molecule has 0 unspecified atom stereocenters. The van der Waals surface area contributed by atoms with E-state index in [4.69, 9.17) is 0 Å². The Labute approximate surface area is 148 Å². The van der Waals surface area contributed by atoms with Gasteiger partial charge in [0.25, 0.3) is 0 Å². The molecule has 7 heteroatoms. The van der Waals surface area contributed by atoms with Crippen molar-refractivity contribution < 1.29 is 13.9 Å². The molecule has 0 fully saturated rings. The van der Waals surface area contributed by atoms with Gasteiger partial charge in [-0.15, -0.1) is 0 Å². The number of rotatable bonds is 2. The number of amidine groups is 1. The Kier molecular flexibility index (Phi) is 3.62. The second-order valence-electron chi connectivity index (χ2n) is 6.63. The largest absolute Gasteiger partial charge is 0.386 e. The van der Waals surface area contributed by atoms with Gasteiger partial charge in [0.15, 0.2) is 0 Å². The van der Waals surface area contributed by atoms with E-state index in [1.165, 1.54) is 24.4 Å². The smallest absolute Gasteiger partial charge is 0.144 e. The first-order chi connectivity index (χ1) is 12.3. The molecule has 132 valence electrons. The van der Waals surface area contributed by atoms with E-state index in [1.54, 1.807) is 26.0 Å².